The topological polar surface area (TPSA) is 89.3 Å². The SMILES string of the molecule is CCOCCCNC(=O)c1sc(NC2CC2)nc1N. The van der Waals surface area contributed by atoms with Crippen molar-refractivity contribution in [3.63, 3.8) is 0 Å². The van der Waals surface area contributed by atoms with Gasteiger partial charge in [0.1, 0.15) is 10.7 Å². The third-order valence-electron chi connectivity index (χ3n) is 2.72. The van der Waals surface area contributed by atoms with E-state index in [4.69, 9.17) is 10.5 Å². The average molecular weight is 284 g/mol. The maximum Gasteiger partial charge on any atom is 0.265 e. The lowest BCUT2D eigenvalue weighted by molar-refractivity contribution is 0.0949. The number of nitrogens with zero attached hydrogens (tertiary/aromatic N) is 1. The number of hydrogen-bond acceptors (Lipinski definition) is 6. The highest BCUT2D eigenvalue weighted by Crippen LogP contribution is 2.30. The molecule has 1 heterocycles. The minimum Gasteiger partial charge on any atom is -0.382 e. The molecule has 0 aromatic carbocycles. The van der Waals surface area contributed by atoms with Gasteiger partial charge in [-0.15, -0.1) is 0 Å². The molecule has 1 fully saturated rings. The Morgan fingerprint density at radius 2 is 2.37 bits per heavy atom. The molecule has 0 spiro atoms. The fourth-order valence-electron chi connectivity index (χ4n) is 1.56. The van der Waals surface area contributed by atoms with Crippen LogP contribution in [0.1, 0.15) is 35.9 Å². The summed E-state index contributed by atoms with van der Waals surface area (Å²) in [4.78, 5) is 16.6. The molecule has 106 valence electrons. The molecule has 0 saturated heterocycles. The van der Waals surface area contributed by atoms with E-state index >= 15 is 0 Å². The molecule has 1 aliphatic rings. The van der Waals surface area contributed by atoms with Crippen LogP contribution in [0.5, 0.6) is 0 Å². The van der Waals surface area contributed by atoms with Crippen LogP contribution in [0.15, 0.2) is 0 Å². The van der Waals surface area contributed by atoms with E-state index in [0.717, 1.165) is 11.6 Å². The van der Waals surface area contributed by atoms with Crippen molar-refractivity contribution in [2.24, 2.45) is 0 Å². The smallest absolute Gasteiger partial charge is 0.265 e. The number of rotatable bonds is 8. The number of hydrogen-bond donors (Lipinski definition) is 3. The molecule has 1 aliphatic carbocycles. The first-order valence-electron chi connectivity index (χ1n) is 6.59. The van der Waals surface area contributed by atoms with Crippen LogP contribution in [0.2, 0.25) is 0 Å². The molecule has 0 bridgehead atoms. The highest BCUT2D eigenvalue weighted by atomic mass is 32.1. The van der Waals surface area contributed by atoms with E-state index in [1.807, 2.05) is 6.92 Å². The number of carbonyl (C=O) groups is 1. The normalized spacial score (nSPS) is 14.4. The summed E-state index contributed by atoms with van der Waals surface area (Å²) in [6.45, 7) is 3.89. The molecular formula is C12H20N4O2S. The quantitative estimate of drug-likeness (QED) is 0.629. The number of amides is 1. The van der Waals surface area contributed by atoms with Crippen molar-refractivity contribution in [1.82, 2.24) is 10.3 Å². The van der Waals surface area contributed by atoms with Crippen LogP contribution in [-0.4, -0.2) is 36.7 Å². The Morgan fingerprint density at radius 1 is 1.58 bits per heavy atom. The molecule has 19 heavy (non-hydrogen) atoms. The number of aromatic nitrogens is 1. The summed E-state index contributed by atoms with van der Waals surface area (Å²) in [7, 11) is 0. The molecule has 0 unspecified atom stereocenters. The molecule has 1 saturated carbocycles. The van der Waals surface area contributed by atoms with Gasteiger partial charge in [-0.05, 0) is 26.2 Å². The molecule has 0 atom stereocenters. The zero-order valence-corrected chi connectivity index (χ0v) is 11.9. The van der Waals surface area contributed by atoms with E-state index in [1.165, 1.54) is 24.2 Å². The predicted octanol–water partition coefficient (Wildman–Crippen LogP) is 1.46. The Kier molecular flexibility index (Phi) is 4.98. The van der Waals surface area contributed by atoms with E-state index in [1.54, 1.807) is 0 Å². The average Bonchev–Trinajstić information content (AvgIpc) is 3.11. The molecule has 1 aromatic rings. The van der Waals surface area contributed by atoms with Crippen LogP contribution in [0.3, 0.4) is 0 Å². The third kappa shape index (κ3) is 4.36. The number of nitrogens with two attached hydrogens (primary N) is 1. The number of ether oxygens (including phenoxy) is 1. The maximum absolute atomic E-state index is 11.9. The van der Waals surface area contributed by atoms with Crippen LogP contribution < -0.4 is 16.4 Å². The number of thiazole rings is 1. The van der Waals surface area contributed by atoms with Crippen LogP contribution >= 0.6 is 11.3 Å². The Hall–Kier alpha value is -1.34. The molecular weight excluding hydrogens is 264 g/mol. The van der Waals surface area contributed by atoms with Crippen molar-refractivity contribution in [1.29, 1.82) is 0 Å². The first-order valence-corrected chi connectivity index (χ1v) is 7.41. The van der Waals surface area contributed by atoms with Crippen molar-refractivity contribution in [2.45, 2.75) is 32.2 Å². The van der Waals surface area contributed by atoms with Crippen molar-refractivity contribution in [3.05, 3.63) is 4.88 Å². The second-order valence-electron chi connectivity index (χ2n) is 4.46. The van der Waals surface area contributed by atoms with Crippen molar-refractivity contribution in [2.75, 3.05) is 30.8 Å². The van der Waals surface area contributed by atoms with Crippen LogP contribution in [-0.2, 0) is 4.74 Å². The van der Waals surface area contributed by atoms with Gasteiger partial charge >= 0.3 is 0 Å². The summed E-state index contributed by atoms with van der Waals surface area (Å²) in [5, 5.41) is 6.80. The highest BCUT2D eigenvalue weighted by Gasteiger charge is 2.24. The molecule has 2 rings (SSSR count). The summed E-state index contributed by atoms with van der Waals surface area (Å²) in [5.74, 6) is 0.144. The first-order chi connectivity index (χ1) is 9.20. The van der Waals surface area contributed by atoms with Gasteiger partial charge in [-0.2, -0.15) is 0 Å². The fourth-order valence-corrected chi connectivity index (χ4v) is 2.44. The summed E-state index contributed by atoms with van der Waals surface area (Å²) >= 11 is 1.31. The lowest BCUT2D eigenvalue weighted by atomic mass is 10.4. The maximum atomic E-state index is 11.9. The number of nitrogen functional groups attached to an aromatic ring is 1. The highest BCUT2D eigenvalue weighted by molar-refractivity contribution is 7.18. The van der Waals surface area contributed by atoms with E-state index in [-0.39, 0.29) is 5.91 Å². The lowest BCUT2D eigenvalue weighted by Crippen LogP contribution is -2.25. The zero-order valence-electron chi connectivity index (χ0n) is 11.1. The monoisotopic (exact) mass is 284 g/mol. The largest absolute Gasteiger partial charge is 0.382 e. The third-order valence-corrected chi connectivity index (χ3v) is 3.72. The van der Waals surface area contributed by atoms with Gasteiger partial charge in [0, 0.05) is 25.8 Å². The van der Waals surface area contributed by atoms with Gasteiger partial charge in [0.25, 0.3) is 5.91 Å². The molecule has 7 heteroatoms. The van der Waals surface area contributed by atoms with Crippen molar-refractivity contribution < 1.29 is 9.53 Å². The summed E-state index contributed by atoms with van der Waals surface area (Å²) in [5.41, 5.74) is 5.76. The van der Waals surface area contributed by atoms with E-state index in [9.17, 15) is 4.79 Å². The van der Waals surface area contributed by atoms with Crippen molar-refractivity contribution >= 4 is 28.2 Å². The van der Waals surface area contributed by atoms with Gasteiger partial charge < -0.3 is 21.1 Å². The summed E-state index contributed by atoms with van der Waals surface area (Å²) < 4.78 is 5.20. The van der Waals surface area contributed by atoms with Gasteiger partial charge in [-0.3, -0.25) is 4.79 Å². The second kappa shape index (κ2) is 6.72. The van der Waals surface area contributed by atoms with E-state index in [2.05, 4.69) is 15.6 Å². The predicted molar refractivity (Wildman–Crippen MR) is 76.6 cm³/mol. The second-order valence-corrected chi connectivity index (χ2v) is 5.46. The van der Waals surface area contributed by atoms with Gasteiger partial charge in [-0.25, -0.2) is 4.98 Å². The molecule has 0 radical (unpaired) electrons. The van der Waals surface area contributed by atoms with Crippen LogP contribution in [0.25, 0.3) is 0 Å². The molecule has 1 aromatic heterocycles. The van der Waals surface area contributed by atoms with Gasteiger partial charge in [0.15, 0.2) is 5.13 Å². The Morgan fingerprint density at radius 3 is 3.05 bits per heavy atom. The minimum atomic E-state index is -0.157. The number of anilines is 2. The van der Waals surface area contributed by atoms with Gasteiger partial charge in [0.05, 0.1) is 0 Å². The van der Waals surface area contributed by atoms with Gasteiger partial charge in [-0.1, -0.05) is 11.3 Å². The molecule has 4 N–H and O–H groups in total. The molecule has 6 nitrogen and oxygen atoms in total. The molecule has 0 aliphatic heterocycles. The Bertz CT molecular complexity index is 431. The summed E-state index contributed by atoms with van der Waals surface area (Å²) in [6, 6.07) is 0.507. The van der Waals surface area contributed by atoms with Crippen molar-refractivity contribution in [3.8, 4) is 0 Å². The zero-order chi connectivity index (χ0) is 13.7. The summed E-state index contributed by atoms with van der Waals surface area (Å²) in [6.07, 6.45) is 3.13. The number of nitrogens with one attached hydrogen (secondary N) is 2. The minimum absolute atomic E-state index is 0.157. The Labute approximate surface area is 116 Å². The Balaban J connectivity index is 1.78. The van der Waals surface area contributed by atoms with E-state index in [0.29, 0.717) is 36.5 Å². The van der Waals surface area contributed by atoms with Crippen LogP contribution in [0.4, 0.5) is 10.9 Å². The lowest BCUT2D eigenvalue weighted by Gasteiger charge is -2.03. The van der Waals surface area contributed by atoms with Gasteiger partial charge in [0.2, 0.25) is 0 Å². The van der Waals surface area contributed by atoms with Crippen LogP contribution in [0, 0.1) is 0 Å². The number of carbonyl (C=O) groups excluding carboxylic acids is 1. The standard InChI is InChI=1S/C12H20N4O2S/c1-2-18-7-3-6-14-11(17)9-10(13)16-12(19-9)15-8-4-5-8/h8H,2-7,13H2,1H3,(H,14,17)(H,15,16). The van der Waals surface area contributed by atoms with E-state index < -0.39 is 0 Å². The first kappa shape index (κ1) is 14.1. The fraction of sp³-hybridized carbons (Fsp3) is 0.667. The molecule has 1 amide bonds.